The van der Waals surface area contributed by atoms with E-state index in [4.69, 9.17) is 4.74 Å². The van der Waals surface area contributed by atoms with Crippen LogP contribution in [0.2, 0.25) is 0 Å². The second kappa shape index (κ2) is 9.12. The van der Waals surface area contributed by atoms with E-state index in [1.807, 2.05) is 11.8 Å². The lowest BCUT2D eigenvalue weighted by molar-refractivity contribution is -0.148. The number of aliphatic hydroxyl groups excluding tert-OH is 1. The smallest absolute Gasteiger partial charge is 0.259 e. The van der Waals surface area contributed by atoms with Gasteiger partial charge in [0.2, 0.25) is 0 Å². The Kier molecular flexibility index (Phi) is 6.61. The van der Waals surface area contributed by atoms with Crippen LogP contribution < -0.4 is 4.74 Å². The number of likely N-dealkylation sites (tertiary alicyclic amines) is 1. The van der Waals surface area contributed by atoms with Crippen LogP contribution in [0.5, 0.6) is 5.75 Å². The molecule has 0 aromatic heterocycles. The van der Waals surface area contributed by atoms with Crippen LogP contribution in [0.3, 0.4) is 0 Å². The fraction of sp³-hybridized carbons (Fsp3) is 0.429. The van der Waals surface area contributed by atoms with Gasteiger partial charge in [0.1, 0.15) is 11.6 Å². The maximum absolute atomic E-state index is 13.0. The van der Waals surface area contributed by atoms with Crippen molar-refractivity contribution in [1.82, 2.24) is 9.80 Å². The molecular weight excluding hydrogens is 331 g/mol. The highest BCUT2D eigenvalue weighted by molar-refractivity contribution is 5.28. The Morgan fingerprint density at radius 2 is 2.12 bits per heavy atom. The first-order valence-corrected chi connectivity index (χ1v) is 9.26. The predicted molar refractivity (Wildman–Crippen MR) is 101 cm³/mol. The second-order valence-electron chi connectivity index (χ2n) is 6.71. The predicted octanol–water partition coefficient (Wildman–Crippen LogP) is 3.32. The van der Waals surface area contributed by atoms with Crippen molar-refractivity contribution in [3.8, 4) is 5.75 Å². The van der Waals surface area contributed by atoms with Gasteiger partial charge in [-0.15, -0.1) is 0 Å². The zero-order valence-electron chi connectivity index (χ0n) is 15.2. The highest BCUT2D eigenvalue weighted by atomic mass is 19.1. The Labute approximate surface area is 154 Å². The van der Waals surface area contributed by atoms with Gasteiger partial charge >= 0.3 is 0 Å². The van der Waals surface area contributed by atoms with Crippen molar-refractivity contribution >= 4 is 0 Å². The minimum atomic E-state index is -1.03. The highest BCUT2D eigenvalue weighted by Crippen LogP contribution is 2.21. The van der Waals surface area contributed by atoms with E-state index in [1.165, 1.54) is 29.8 Å². The lowest BCUT2D eigenvalue weighted by Gasteiger charge is -2.32. The lowest BCUT2D eigenvalue weighted by Crippen LogP contribution is -2.47. The molecule has 1 heterocycles. The summed E-state index contributed by atoms with van der Waals surface area (Å²) in [5, 5.41) is 10.5. The fourth-order valence-corrected chi connectivity index (χ4v) is 3.51. The zero-order valence-corrected chi connectivity index (χ0v) is 15.2. The van der Waals surface area contributed by atoms with E-state index < -0.39 is 6.41 Å². The minimum absolute atomic E-state index is 0.237. The fourth-order valence-electron chi connectivity index (χ4n) is 3.51. The van der Waals surface area contributed by atoms with Gasteiger partial charge in [0.15, 0.2) is 0 Å². The largest absolute Gasteiger partial charge is 0.451 e. The van der Waals surface area contributed by atoms with Crippen molar-refractivity contribution in [2.24, 2.45) is 0 Å². The van der Waals surface area contributed by atoms with Gasteiger partial charge in [0, 0.05) is 32.2 Å². The normalized spacial score (nSPS) is 21.7. The Morgan fingerprint density at radius 3 is 2.88 bits per heavy atom. The third-order valence-electron chi connectivity index (χ3n) is 4.88. The topological polar surface area (TPSA) is 35.9 Å². The van der Waals surface area contributed by atoms with Crippen LogP contribution in [-0.2, 0) is 0 Å². The third-order valence-corrected chi connectivity index (χ3v) is 4.88. The van der Waals surface area contributed by atoms with E-state index in [9.17, 15) is 9.50 Å². The van der Waals surface area contributed by atoms with Crippen molar-refractivity contribution in [2.45, 2.75) is 32.2 Å². The lowest BCUT2D eigenvalue weighted by atomic mass is 10.2. The van der Waals surface area contributed by atoms with Crippen molar-refractivity contribution in [3.05, 3.63) is 66.0 Å². The van der Waals surface area contributed by atoms with Crippen LogP contribution in [0, 0.1) is 5.82 Å². The number of hydrogen-bond donors (Lipinski definition) is 1. The molecule has 2 atom stereocenters. The molecule has 0 spiro atoms. The second-order valence-corrected chi connectivity index (χ2v) is 6.71. The first-order chi connectivity index (χ1) is 12.7. The molecule has 0 amide bonds. The Balaban J connectivity index is 1.55. The van der Waals surface area contributed by atoms with Gasteiger partial charge < -0.3 is 9.84 Å². The quantitative estimate of drug-likeness (QED) is 0.759. The Hall–Kier alpha value is -1.95. The van der Waals surface area contributed by atoms with E-state index in [1.54, 1.807) is 0 Å². The van der Waals surface area contributed by atoms with Crippen LogP contribution >= 0.6 is 0 Å². The monoisotopic (exact) mass is 358 g/mol. The molecule has 1 aliphatic carbocycles. The molecule has 0 radical (unpaired) electrons. The van der Waals surface area contributed by atoms with Gasteiger partial charge in [0.25, 0.3) is 6.41 Å². The maximum Gasteiger partial charge on any atom is 0.259 e. The molecule has 2 aliphatic rings. The van der Waals surface area contributed by atoms with Crippen LogP contribution in [-0.4, -0.2) is 53.5 Å². The zero-order chi connectivity index (χ0) is 18.4. The number of halogens is 1. The van der Waals surface area contributed by atoms with E-state index in [-0.39, 0.29) is 11.9 Å². The number of aliphatic hydroxyl groups is 1. The molecule has 2 unspecified atom stereocenters. The van der Waals surface area contributed by atoms with E-state index in [0.29, 0.717) is 12.3 Å². The molecule has 3 rings (SSSR count). The number of ether oxygens (including phenoxy) is 1. The van der Waals surface area contributed by atoms with Crippen LogP contribution in [0.25, 0.3) is 0 Å². The number of benzene rings is 1. The van der Waals surface area contributed by atoms with Gasteiger partial charge in [-0.05, 0) is 42.7 Å². The van der Waals surface area contributed by atoms with Crippen LogP contribution in [0.15, 0.2) is 60.2 Å². The standard InChI is InChI=1S/C21H27FN2O2/c1-2-24(21(25)26-20-11-9-18(22)10-12-20)19-13-14-23(16-19)15-17-7-5-3-4-6-8-17/h3,5-12,19,21,25H,2,4,13-16H2,1H3. The molecule has 1 aromatic carbocycles. The average molecular weight is 358 g/mol. The summed E-state index contributed by atoms with van der Waals surface area (Å²) in [5.74, 6) is 0.148. The first-order valence-electron chi connectivity index (χ1n) is 9.26. The molecular formula is C21H27FN2O2. The summed E-state index contributed by atoms with van der Waals surface area (Å²) in [7, 11) is 0. The van der Waals surface area contributed by atoms with E-state index in [0.717, 1.165) is 32.5 Å². The Bertz CT molecular complexity index is 669. The van der Waals surface area contributed by atoms with E-state index >= 15 is 0 Å². The summed E-state index contributed by atoms with van der Waals surface area (Å²) in [6.07, 6.45) is 11.7. The molecule has 1 aliphatic heterocycles. The van der Waals surface area contributed by atoms with Gasteiger partial charge in [-0.1, -0.05) is 37.3 Å². The summed E-state index contributed by atoms with van der Waals surface area (Å²) >= 11 is 0. The molecule has 4 nitrogen and oxygen atoms in total. The molecule has 140 valence electrons. The molecule has 1 aromatic rings. The number of likely N-dealkylation sites (N-methyl/N-ethyl adjacent to an activating group) is 1. The van der Waals surface area contributed by atoms with E-state index in [2.05, 4.69) is 35.3 Å². The number of rotatable bonds is 7. The van der Waals surface area contributed by atoms with Crippen molar-refractivity contribution in [2.75, 3.05) is 26.2 Å². The molecule has 26 heavy (non-hydrogen) atoms. The minimum Gasteiger partial charge on any atom is -0.451 e. The van der Waals surface area contributed by atoms with Crippen LogP contribution in [0.4, 0.5) is 4.39 Å². The molecule has 0 bridgehead atoms. The van der Waals surface area contributed by atoms with Gasteiger partial charge in [-0.25, -0.2) is 9.29 Å². The van der Waals surface area contributed by atoms with Crippen molar-refractivity contribution in [3.63, 3.8) is 0 Å². The molecule has 1 fully saturated rings. The summed E-state index contributed by atoms with van der Waals surface area (Å²) in [5.41, 5.74) is 1.31. The highest BCUT2D eigenvalue weighted by Gasteiger charge is 2.31. The summed E-state index contributed by atoms with van der Waals surface area (Å²) in [6, 6.07) is 5.97. The molecule has 0 saturated carbocycles. The van der Waals surface area contributed by atoms with Crippen LogP contribution in [0.1, 0.15) is 19.8 Å². The number of nitrogens with zero attached hydrogens (tertiary/aromatic N) is 2. The van der Waals surface area contributed by atoms with Crippen molar-refractivity contribution < 1.29 is 14.2 Å². The maximum atomic E-state index is 13.0. The molecule has 5 heteroatoms. The first kappa shape index (κ1) is 18.8. The molecule has 1 saturated heterocycles. The summed E-state index contributed by atoms with van der Waals surface area (Å²) in [4.78, 5) is 4.37. The average Bonchev–Trinajstić information content (AvgIpc) is 2.92. The number of allylic oxidation sites excluding steroid dienone is 4. The summed E-state index contributed by atoms with van der Waals surface area (Å²) in [6.45, 7) is 5.52. The van der Waals surface area contributed by atoms with Gasteiger partial charge in [-0.2, -0.15) is 0 Å². The Morgan fingerprint density at radius 1 is 1.31 bits per heavy atom. The molecule has 1 N–H and O–H groups in total. The van der Waals surface area contributed by atoms with Crippen molar-refractivity contribution in [1.29, 1.82) is 0 Å². The van der Waals surface area contributed by atoms with Gasteiger partial charge in [-0.3, -0.25) is 4.90 Å². The SMILES string of the molecule is CCN(C1CCN(CC2=CC=CCC=C2)C1)C(O)Oc1ccc(F)cc1. The summed E-state index contributed by atoms with van der Waals surface area (Å²) < 4.78 is 18.6. The third kappa shape index (κ3) is 5.04. The van der Waals surface area contributed by atoms with Gasteiger partial charge in [0.05, 0.1) is 0 Å². The number of hydrogen-bond acceptors (Lipinski definition) is 4.